The highest BCUT2D eigenvalue weighted by atomic mass is 32.2. The summed E-state index contributed by atoms with van der Waals surface area (Å²) in [6.07, 6.45) is 4.97. The second kappa shape index (κ2) is 6.87. The van der Waals surface area contributed by atoms with E-state index >= 15 is 0 Å². The van der Waals surface area contributed by atoms with Crippen molar-refractivity contribution in [2.24, 2.45) is 5.73 Å². The Morgan fingerprint density at radius 3 is 2.65 bits per heavy atom. The van der Waals surface area contributed by atoms with Crippen molar-refractivity contribution in [2.75, 3.05) is 24.0 Å². The Kier molecular flexibility index (Phi) is 5.78. The van der Waals surface area contributed by atoms with E-state index in [1.54, 1.807) is 0 Å². The van der Waals surface area contributed by atoms with E-state index < -0.39 is 0 Å². The van der Waals surface area contributed by atoms with Gasteiger partial charge in [-0.3, -0.25) is 4.98 Å². The summed E-state index contributed by atoms with van der Waals surface area (Å²) in [5.41, 5.74) is 8.07. The molecule has 0 aliphatic rings. The third-order valence-electron chi connectivity index (χ3n) is 3.07. The van der Waals surface area contributed by atoms with E-state index in [4.69, 9.17) is 5.73 Å². The molecule has 2 unspecified atom stereocenters. The van der Waals surface area contributed by atoms with Crippen molar-refractivity contribution in [1.82, 2.24) is 4.98 Å². The zero-order chi connectivity index (χ0) is 12.8. The molecule has 96 valence electrons. The molecule has 1 rings (SSSR count). The number of pyridine rings is 1. The molecule has 2 N–H and O–H groups in total. The van der Waals surface area contributed by atoms with Crippen LogP contribution in [0.25, 0.3) is 0 Å². The van der Waals surface area contributed by atoms with Gasteiger partial charge in [0, 0.05) is 24.9 Å². The monoisotopic (exact) mass is 253 g/mol. The van der Waals surface area contributed by atoms with Crippen molar-refractivity contribution in [3.8, 4) is 0 Å². The predicted octanol–water partition coefficient (Wildman–Crippen LogP) is 2.68. The summed E-state index contributed by atoms with van der Waals surface area (Å²) in [6.45, 7) is 4.30. The molecule has 0 aliphatic carbocycles. The number of nitrogens with zero attached hydrogens (tertiary/aromatic N) is 2. The number of rotatable bonds is 6. The molecular weight excluding hydrogens is 230 g/mol. The van der Waals surface area contributed by atoms with Crippen LogP contribution in [-0.4, -0.2) is 30.1 Å². The maximum absolute atomic E-state index is 5.95. The molecular formula is C13H23N3S. The molecule has 4 heteroatoms. The second-order valence-corrected chi connectivity index (χ2v) is 5.28. The van der Waals surface area contributed by atoms with E-state index in [-0.39, 0.29) is 6.04 Å². The third kappa shape index (κ3) is 3.89. The first kappa shape index (κ1) is 14.3. The Balaban J connectivity index is 2.73. The number of nitrogens with two attached hydrogens (primary N) is 1. The highest BCUT2D eigenvalue weighted by Gasteiger charge is 2.10. The Hall–Kier alpha value is -0.740. The predicted molar refractivity (Wildman–Crippen MR) is 77.7 cm³/mol. The Labute approximate surface area is 109 Å². The minimum Gasteiger partial charge on any atom is -0.370 e. The fourth-order valence-corrected chi connectivity index (χ4v) is 2.35. The Bertz CT molecular complexity index is 326. The molecule has 0 aliphatic heterocycles. The first-order chi connectivity index (χ1) is 8.10. The van der Waals surface area contributed by atoms with Gasteiger partial charge in [-0.1, -0.05) is 6.92 Å². The van der Waals surface area contributed by atoms with E-state index in [0.29, 0.717) is 6.04 Å². The van der Waals surface area contributed by atoms with E-state index in [0.717, 1.165) is 23.6 Å². The lowest BCUT2D eigenvalue weighted by Crippen LogP contribution is -2.30. The van der Waals surface area contributed by atoms with Crippen molar-refractivity contribution < 1.29 is 0 Å². The van der Waals surface area contributed by atoms with Crippen LogP contribution in [0.5, 0.6) is 0 Å². The maximum atomic E-state index is 5.95. The Morgan fingerprint density at radius 1 is 1.47 bits per heavy atom. The van der Waals surface area contributed by atoms with Crippen LogP contribution in [0.2, 0.25) is 0 Å². The Morgan fingerprint density at radius 2 is 2.18 bits per heavy atom. The van der Waals surface area contributed by atoms with E-state index in [1.807, 2.05) is 24.0 Å². The summed E-state index contributed by atoms with van der Waals surface area (Å²) in [5, 5.41) is 0. The summed E-state index contributed by atoms with van der Waals surface area (Å²) in [6, 6.07) is 4.70. The van der Waals surface area contributed by atoms with Crippen LogP contribution >= 0.6 is 11.8 Å². The molecule has 0 aromatic carbocycles. The molecule has 17 heavy (non-hydrogen) atoms. The second-order valence-electron chi connectivity index (χ2n) is 4.37. The van der Waals surface area contributed by atoms with Gasteiger partial charge >= 0.3 is 0 Å². The van der Waals surface area contributed by atoms with Crippen molar-refractivity contribution in [2.45, 2.75) is 32.4 Å². The largest absolute Gasteiger partial charge is 0.370 e. The number of anilines is 1. The summed E-state index contributed by atoms with van der Waals surface area (Å²) >= 11 is 1.86. The van der Waals surface area contributed by atoms with Crippen LogP contribution in [0.3, 0.4) is 0 Å². The zero-order valence-electron chi connectivity index (χ0n) is 11.2. The first-order valence-electron chi connectivity index (χ1n) is 6.03. The molecule has 0 amide bonds. The van der Waals surface area contributed by atoms with Crippen molar-refractivity contribution in [3.05, 3.63) is 24.0 Å². The molecule has 1 aromatic rings. The smallest absolute Gasteiger partial charge is 0.0572 e. The molecule has 0 saturated heterocycles. The topological polar surface area (TPSA) is 42.1 Å². The summed E-state index contributed by atoms with van der Waals surface area (Å²) in [5.74, 6) is 1.12. The number of thioether (sulfide) groups is 1. The van der Waals surface area contributed by atoms with E-state index in [9.17, 15) is 0 Å². The van der Waals surface area contributed by atoms with Gasteiger partial charge in [-0.15, -0.1) is 0 Å². The van der Waals surface area contributed by atoms with Gasteiger partial charge in [-0.05, 0) is 31.7 Å². The quantitative estimate of drug-likeness (QED) is 0.846. The SMILES string of the molecule is CCC(N)c1ccc(N(C)C(C)CSC)cn1. The van der Waals surface area contributed by atoms with Gasteiger partial charge in [0.05, 0.1) is 17.6 Å². The highest BCUT2D eigenvalue weighted by Crippen LogP contribution is 2.18. The molecule has 1 heterocycles. The molecule has 1 aromatic heterocycles. The van der Waals surface area contributed by atoms with E-state index in [1.165, 1.54) is 0 Å². The van der Waals surface area contributed by atoms with Crippen LogP contribution in [0.1, 0.15) is 32.0 Å². The molecule has 2 atom stereocenters. The van der Waals surface area contributed by atoms with Crippen molar-refractivity contribution >= 4 is 17.4 Å². The summed E-state index contributed by atoms with van der Waals surface area (Å²) in [4.78, 5) is 6.69. The molecule has 0 spiro atoms. The lowest BCUT2D eigenvalue weighted by molar-refractivity contribution is 0.674. The minimum atomic E-state index is 0.0537. The van der Waals surface area contributed by atoms with Crippen LogP contribution < -0.4 is 10.6 Å². The van der Waals surface area contributed by atoms with Crippen LogP contribution in [0.4, 0.5) is 5.69 Å². The molecule has 0 bridgehead atoms. The average Bonchev–Trinajstić information content (AvgIpc) is 2.37. The molecule has 3 nitrogen and oxygen atoms in total. The van der Waals surface area contributed by atoms with Gasteiger partial charge in [0.1, 0.15) is 0 Å². The fraction of sp³-hybridized carbons (Fsp3) is 0.615. The lowest BCUT2D eigenvalue weighted by atomic mass is 10.1. The van der Waals surface area contributed by atoms with Gasteiger partial charge in [0.2, 0.25) is 0 Å². The normalized spacial score (nSPS) is 14.4. The van der Waals surface area contributed by atoms with Crippen molar-refractivity contribution in [3.63, 3.8) is 0 Å². The summed E-state index contributed by atoms with van der Waals surface area (Å²) in [7, 11) is 2.11. The number of hydrogen-bond donors (Lipinski definition) is 1. The molecule has 0 radical (unpaired) electrons. The van der Waals surface area contributed by atoms with Crippen LogP contribution in [-0.2, 0) is 0 Å². The first-order valence-corrected chi connectivity index (χ1v) is 7.42. The number of hydrogen-bond acceptors (Lipinski definition) is 4. The van der Waals surface area contributed by atoms with Gasteiger partial charge in [-0.25, -0.2) is 0 Å². The standard InChI is InChI=1S/C13H23N3S/c1-5-12(14)13-7-6-11(8-15-13)16(3)10(2)9-17-4/h6-8,10,12H,5,9,14H2,1-4H3. The van der Waals surface area contributed by atoms with Gasteiger partial charge in [-0.2, -0.15) is 11.8 Å². The van der Waals surface area contributed by atoms with Gasteiger partial charge < -0.3 is 10.6 Å². The van der Waals surface area contributed by atoms with Crippen LogP contribution in [0, 0.1) is 0 Å². The summed E-state index contributed by atoms with van der Waals surface area (Å²) < 4.78 is 0. The lowest BCUT2D eigenvalue weighted by Gasteiger charge is -2.26. The van der Waals surface area contributed by atoms with Crippen LogP contribution in [0.15, 0.2) is 18.3 Å². The van der Waals surface area contributed by atoms with Gasteiger partial charge in [0.15, 0.2) is 0 Å². The zero-order valence-corrected chi connectivity index (χ0v) is 12.0. The average molecular weight is 253 g/mol. The van der Waals surface area contributed by atoms with Gasteiger partial charge in [0.25, 0.3) is 0 Å². The highest BCUT2D eigenvalue weighted by molar-refractivity contribution is 7.98. The number of aromatic nitrogens is 1. The fourth-order valence-electron chi connectivity index (χ4n) is 1.64. The minimum absolute atomic E-state index is 0.0537. The third-order valence-corrected chi connectivity index (χ3v) is 3.88. The maximum Gasteiger partial charge on any atom is 0.0572 e. The van der Waals surface area contributed by atoms with Crippen molar-refractivity contribution in [1.29, 1.82) is 0 Å². The molecule has 0 saturated carbocycles. The molecule has 0 fully saturated rings. The van der Waals surface area contributed by atoms with E-state index in [2.05, 4.69) is 43.1 Å².